The third-order valence-corrected chi connectivity index (χ3v) is 1.72. The van der Waals surface area contributed by atoms with Gasteiger partial charge in [0, 0.05) is 6.20 Å². The summed E-state index contributed by atoms with van der Waals surface area (Å²) >= 11 is 0. The lowest BCUT2D eigenvalue weighted by molar-refractivity contribution is 0.0699. The van der Waals surface area contributed by atoms with Gasteiger partial charge in [-0.1, -0.05) is 0 Å². The molecule has 3 N–H and O–H groups in total. The minimum atomic E-state index is -1.09. The van der Waals surface area contributed by atoms with Crippen molar-refractivity contribution in [3.8, 4) is 0 Å². The Kier molecular flexibility index (Phi) is 1.42. The minimum Gasteiger partial charge on any atom is -0.478 e. The lowest BCUT2D eigenvalue weighted by atomic mass is 10.3. The van der Waals surface area contributed by atoms with E-state index in [4.69, 9.17) is 5.11 Å². The predicted molar refractivity (Wildman–Crippen MR) is 43.7 cm³/mol. The number of hydrogen-bond donors (Lipinski definition) is 3. The molecule has 0 aliphatic heterocycles. The van der Waals surface area contributed by atoms with Gasteiger partial charge in [0.2, 0.25) is 0 Å². The van der Waals surface area contributed by atoms with Gasteiger partial charge in [-0.15, -0.1) is 0 Å². The summed E-state index contributed by atoms with van der Waals surface area (Å²) in [6, 6.07) is 0. The van der Waals surface area contributed by atoms with Crippen molar-refractivity contribution in [2.75, 3.05) is 0 Å². The Morgan fingerprint density at radius 3 is 2.85 bits per heavy atom. The molecule has 0 saturated heterocycles. The van der Waals surface area contributed by atoms with E-state index in [9.17, 15) is 9.59 Å². The summed E-state index contributed by atoms with van der Waals surface area (Å²) in [7, 11) is 0. The molecule has 0 aliphatic carbocycles. The van der Waals surface area contributed by atoms with Crippen LogP contribution in [-0.2, 0) is 0 Å². The van der Waals surface area contributed by atoms with Crippen molar-refractivity contribution in [1.82, 2.24) is 15.0 Å². The number of carboxylic acid groups (broad SMARTS) is 1. The van der Waals surface area contributed by atoms with Crippen LogP contribution >= 0.6 is 0 Å². The normalized spacial score (nSPS) is 10.5. The zero-order valence-electron chi connectivity index (χ0n) is 6.37. The molecule has 13 heavy (non-hydrogen) atoms. The molecule has 0 atom stereocenters. The number of H-pyrrole nitrogens is 2. The van der Waals surface area contributed by atoms with E-state index < -0.39 is 11.5 Å². The molecule has 0 amide bonds. The molecule has 0 radical (unpaired) electrons. The molecule has 6 nitrogen and oxygen atoms in total. The second-order valence-corrected chi connectivity index (χ2v) is 2.47. The number of rotatable bonds is 1. The van der Waals surface area contributed by atoms with Crippen LogP contribution in [0.4, 0.5) is 0 Å². The van der Waals surface area contributed by atoms with Crippen molar-refractivity contribution in [2.45, 2.75) is 0 Å². The van der Waals surface area contributed by atoms with Crippen LogP contribution < -0.4 is 5.56 Å². The van der Waals surface area contributed by atoms with Gasteiger partial charge < -0.3 is 15.1 Å². The van der Waals surface area contributed by atoms with Crippen molar-refractivity contribution >= 4 is 17.0 Å². The molecule has 0 unspecified atom stereocenters. The van der Waals surface area contributed by atoms with Crippen molar-refractivity contribution in [2.24, 2.45) is 0 Å². The first kappa shape index (κ1) is 7.53. The summed E-state index contributed by atoms with van der Waals surface area (Å²) in [5, 5.41) is 8.70. The maximum atomic E-state index is 11.1. The highest BCUT2D eigenvalue weighted by Gasteiger charge is 2.12. The third-order valence-electron chi connectivity index (χ3n) is 1.72. The number of nitrogens with one attached hydrogen (secondary N) is 2. The van der Waals surface area contributed by atoms with E-state index in [0.29, 0.717) is 0 Å². The van der Waals surface area contributed by atoms with Gasteiger partial charge in [-0.05, 0) is 0 Å². The molecule has 66 valence electrons. The number of aromatic carboxylic acids is 1. The fraction of sp³-hybridized carbons (Fsp3) is 0. The van der Waals surface area contributed by atoms with E-state index in [0.717, 1.165) is 0 Å². The van der Waals surface area contributed by atoms with Crippen LogP contribution in [0.15, 0.2) is 17.3 Å². The van der Waals surface area contributed by atoms with Gasteiger partial charge in [0.25, 0.3) is 5.56 Å². The van der Waals surface area contributed by atoms with Gasteiger partial charge in [-0.3, -0.25) is 4.79 Å². The molecule has 0 aromatic carbocycles. The Morgan fingerprint density at radius 1 is 1.38 bits per heavy atom. The maximum absolute atomic E-state index is 11.1. The summed E-state index contributed by atoms with van der Waals surface area (Å²) in [4.78, 5) is 30.3. The fourth-order valence-electron chi connectivity index (χ4n) is 1.13. The zero-order chi connectivity index (χ0) is 9.42. The lowest BCUT2D eigenvalue weighted by Gasteiger charge is -1.89. The Morgan fingerprint density at radius 2 is 2.15 bits per heavy atom. The highest BCUT2D eigenvalue weighted by molar-refractivity contribution is 6.00. The number of carboxylic acids is 1. The van der Waals surface area contributed by atoms with E-state index >= 15 is 0 Å². The molecule has 2 heterocycles. The number of aromatic nitrogens is 3. The van der Waals surface area contributed by atoms with E-state index in [2.05, 4.69) is 15.0 Å². The highest BCUT2D eigenvalue weighted by Crippen LogP contribution is 2.10. The Balaban J connectivity index is 2.91. The molecule has 0 spiro atoms. The van der Waals surface area contributed by atoms with E-state index in [1.54, 1.807) is 0 Å². The Hall–Kier alpha value is -2.11. The number of aromatic amines is 2. The van der Waals surface area contributed by atoms with Crippen LogP contribution in [0.1, 0.15) is 10.4 Å². The minimum absolute atomic E-state index is 0.0366. The zero-order valence-corrected chi connectivity index (χ0v) is 6.37. The molecule has 2 rings (SSSR count). The molecule has 0 bridgehead atoms. The van der Waals surface area contributed by atoms with Gasteiger partial charge in [0.15, 0.2) is 0 Å². The molecule has 2 aromatic heterocycles. The molecule has 0 saturated carbocycles. The standard InChI is InChI=1S/C7H5N3O3/c11-6-5-4(9-2-10-6)3(1-8-5)7(12)13/h1-2,8H,(H,12,13)(H,9,10,11). The van der Waals surface area contributed by atoms with Crippen molar-refractivity contribution < 1.29 is 9.90 Å². The Labute approximate surface area is 71.2 Å². The van der Waals surface area contributed by atoms with E-state index in [1.165, 1.54) is 12.5 Å². The second-order valence-electron chi connectivity index (χ2n) is 2.47. The monoisotopic (exact) mass is 179 g/mol. The quantitative estimate of drug-likeness (QED) is 0.571. The third kappa shape index (κ3) is 0.994. The largest absolute Gasteiger partial charge is 0.478 e. The van der Waals surface area contributed by atoms with Crippen LogP contribution in [0.5, 0.6) is 0 Å². The smallest absolute Gasteiger partial charge is 0.339 e. The first-order chi connectivity index (χ1) is 6.20. The first-order valence-electron chi connectivity index (χ1n) is 3.48. The van der Waals surface area contributed by atoms with Gasteiger partial charge in [-0.25, -0.2) is 4.79 Å². The van der Waals surface area contributed by atoms with Gasteiger partial charge >= 0.3 is 5.97 Å². The summed E-state index contributed by atoms with van der Waals surface area (Å²) < 4.78 is 0. The molecular weight excluding hydrogens is 174 g/mol. The number of hydrogen-bond acceptors (Lipinski definition) is 3. The average Bonchev–Trinajstić information content (AvgIpc) is 2.48. The van der Waals surface area contributed by atoms with Crippen LogP contribution in [-0.4, -0.2) is 26.0 Å². The SMILES string of the molecule is O=C(O)c1c[nH]c2c(=O)nc[nH]c12. The van der Waals surface area contributed by atoms with Crippen molar-refractivity contribution in [3.63, 3.8) is 0 Å². The van der Waals surface area contributed by atoms with Crippen LogP contribution in [0.3, 0.4) is 0 Å². The highest BCUT2D eigenvalue weighted by atomic mass is 16.4. The topological polar surface area (TPSA) is 98.8 Å². The average molecular weight is 179 g/mol. The van der Waals surface area contributed by atoms with Gasteiger partial charge in [-0.2, -0.15) is 4.98 Å². The maximum Gasteiger partial charge on any atom is 0.339 e. The number of nitrogens with zero attached hydrogens (tertiary/aromatic N) is 1. The molecule has 0 aliphatic rings. The first-order valence-corrected chi connectivity index (χ1v) is 3.48. The number of carbonyl (C=O) groups is 1. The lowest BCUT2D eigenvalue weighted by Crippen LogP contribution is -2.06. The van der Waals surface area contributed by atoms with Gasteiger partial charge in [0.05, 0.1) is 11.8 Å². The fourth-order valence-corrected chi connectivity index (χ4v) is 1.13. The van der Waals surface area contributed by atoms with E-state index in [1.807, 2.05) is 0 Å². The number of fused-ring (bicyclic) bond motifs is 1. The summed E-state index contributed by atoms with van der Waals surface area (Å²) in [6.07, 6.45) is 2.43. The predicted octanol–water partition coefficient (Wildman–Crippen LogP) is -0.0506. The molecule has 2 aromatic rings. The summed E-state index contributed by atoms with van der Waals surface area (Å²) in [5.74, 6) is -1.09. The van der Waals surface area contributed by atoms with Crippen LogP contribution in [0.2, 0.25) is 0 Å². The molecule has 6 heteroatoms. The molecule has 0 fully saturated rings. The summed E-state index contributed by atoms with van der Waals surface area (Å²) in [5.41, 5.74) is 0.0168. The van der Waals surface area contributed by atoms with Gasteiger partial charge in [0.1, 0.15) is 11.1 Å². The Bertz CT molecular complexity index is 525. The molecular formula is C7H5N3O3. The summed E-state index contributed by atoms with van der Waals surface area (Å²) in [6.45, 7) is 0. The van der Waals surface area contributed by atoms with Crippen LogP contribution in [0, 0.1) is 0 Å². The van der Waals surface area contributed by atoms with Crippen molar-refractivity contribution in [1.29, 1.82) is 0 Å². The van der Waals surface area contributed by atoms with E-state index in [-0.39, 0.29) is 16.6 Å². The van der Waals surface area contributed by atoms with Crippen molar-refractivity contribution in [3.05, 3.63) is 28.4 Å². The van der Waals surface area contributed by atoms with Crippen LogP contribution in [0.25, 0.3) is 11.0 Å². The second kappa shape index (κ2) is 2.44.